The Morgan fingerprint density at radius 2 is 2.44 bits per heavy atom. The first-order valence-electron chi connectivity index (χ1n) is 5.28. The van der Waals surface area contributed by atoms with Crippen molar-refractivity contribution in [3.8, 4) is 5.75 Å². The minimum absolute atomic E-state index is 0.201. The van der Waals surface area contributed by atoms with Gasteiger partial charge >= 0.3 is 5.97 Å². The first kappa shape index (κ1) is 11.3. The van der Waals surface area contributed by atoms with Crippen LogP contribution in [0.1, 0.15) is 12.5 Å². The normalized spacial score (nSPS) is 18.5. The highest BCUT2D eigenvalue weighted by molar-refractivity contribution is 6.30. The molecule has 4 heteroatoms. The van der Waals surface area contributed by atoms with Crippen molar-refractivity contribution in [2.24, 2.45) is 5.92 Å². The van der Waals surface area contributed by atoms with E-state index in [1.165, 1.54) is 0 Å². The predicted molar refractivity (Wildman–Crippen MR) is 60.8 cm³/mol. The van der Waals surface area contributed by atoms with Gasteiger partial charge in [-0.15, -0.1) is 0 Å². The molecule has 0 fully saturated rings. The molecule has 0 spiro atoms. The van der Waals surface area contributed by atoms with Crippen molar-refractivity contribution in [2.75, 3.05) is 13.2 Å². The average Bonchev–Trinajstić information content (AvgIpc) is 2.28. The second-order valence-corrected chi connectivity index (χ2v) is 4.15. The lowest BCUT2D eigenvalue weighted by Gasteiger charge is -2.23. The Balaban J connectivity index is 2.13. The van der Waals surface area contributed by atoms with Crippen LogP contribution in [0.15, 0.2) is 18.2 Å². The van der Waals surface area contributed by atoms with E-state index in [9.17, 15) is 4.79 Å². The van der Waals surface area contributed by atoms with E-state index in [-0.39, 0.29) is 11.9 Å². The van der Waals surface area contributed by atoms with Crippen LogP contribution >= 0.6 is 11.6 Å². The molecule has 1 atom stereocenters. The topological polar surface area (TPSA) is 35.5 Å². The van der Waals surface area contributed by atoms with Crippen molar-refractivity contribution in [3.63, 3.8) is 0 Å². The molecule has 2 rings (SSSR count). The summed E-state index contributed by atoms with van der Waals surface area (Å²) in [7, 11) is 0. The molecule has 0 saturated heterocycles. The van der Waals surface area contributed by atoms with Crippen LogP contribution in [0.25, 0.3) is 0 Å². The fourth-order valence-electron chi connectivity index (χ4n) is 1.77. The predicted octanol–water partition coefficient (Wildman–Crippen LogP) is 2.45. The largest absolute Gasteiger partial charge is 0.492 e. The number of carbonyl (C=O) groups excluding carboxylic acids is 1. The van der Waals surface area contributed by atoms with Crippen LogP contribution in [-0.2, 0) is 16.0 Å². The molecule has 86 valence electrons. The number of fused-ring (bicyclic) bond motifs is 1. The van der Waals surface area contributed by atoms with Crippen LogP contribution < -0.4 is 4.74 Å². The van der Waals surface area contributed by atoms with E-state index in [2.05, 4.69) is 0 Å². The second-order valence-electron chi connectivity index (χ2n) is 3.72. The van der Waals surface area contributed by atoms with Crippen molar-refractivity contribution in [2.45, 2.75) is 13.3 Å². The smallest absolute Gasteiger partial charge is 0.312 e. The summed E-state index contributed by atoms with van der Waals surface area (Å²) in [5, 5.41) is 0.659. The van der Waals surface area contributed by atoms with Gasteiger partial charge in [-0.05, 0) is 37.1 Å². The molecule has 3 nitrogen and oxygen atoms in total. The molecule has 0 saturated carbocycles. The number of ether oxygens (including phenoxy) is 2. The minimum atomic E-state index is -0.217. The van der Waals surface area contributed by atoms with Crippen LogP contribution in [0.3, 0.4) is 0 Å². The summed E-state index contributed by atoms with van der Waals surface area (Å²) in [6, 6.07) is 5.45. The first-order valence-corrected chi connectivity index (χ1v) is 5.66. The van der Waals surface area contributed by atoms with Gasteiger partial charge in [-0.2, -0.15) is 0 Å². The highest BCUT2D eigenvalue weighted by atomic mass is 35.5. The van der Waals surface area contributed by atoms with E-state index in [0.29, 0.717) is 24.7 Å². The van der Waals surface area contributed by atoms with Gasteiger partial charge in [0.15, 0.2) is 0 Å². The number of hydrogen-bond donors (Lipinski definition) is 0. The van der Waals surface area contributed by atoms with E-state index < -0.39 is 0 Å². The van der Waals surface area contributed by atoms with E-state index in [0.717, 1.165) is 11.3 Å². The summed E-state index contributed by atoms with van der Waals surface area (Å²) in [5.74, 6) is 0.393. The summed E-state index contributed by atoms with van der Waals surface area (Å²) in [6.07, 6.45) is 0.634. The number of hydrogen-bond acceptors (Lipinski definition) is 3. The molecule has 0 unspecified atom stereocenters. The van der Waals surface area contributed by atoms with Crippen molar-refractivity contribution in [1.82, 2.24) is 0 Å². The maximum atomic E-state index is 11.6. The summed E-state index contributed by atoms with van der Waals surface area (Å²) in [6.45, 7) is 2.58. The van der Waals surface area contributed by atoms with Gasteiger partial charge in [-0.3, -0.25) is 4.79 Å². The maximum Gasteiger partial charge on any atom is 0.312 e. The van der Waals surface area contributed by atoms with Gasteiger partial charge in [0.05, 0.1) is 12.5 Å². The monoisotopic (exact) mass is 240 g/mol. The van der Waals surface area contributed by atoms with Crippen LogP contribution in [0.4, 0.5) is 0 Å². The molecule has 0 bridgehead atoms. The number of esters is 1. The van der Waals surface area contributed by atoms with Crippen LogP contribution in [0.5, 0.6) is 5.75 Å². The van der Waals surface area contributed by atoms with Crippen LogP contribution in [0.2, 0.25) is 5.02 Å². The molecule has 0 N–H and O–H groups in total. The van der Waals surface area contributed by atoms with Gasteiger partial charge in [0, 0.05) is 5.02 Å². The zero-order valence-electron chi connectivity index (χ0n) is 9.03. The van der Waals surface area contributed by atoms with Crippen LogP contribution in [-0.4, -0.2) is 19.2 Å². The van der Waals surface area contributed by atoms with Gasteiger partial charge in [0.25, 0.3) is 0 Å². The Hall–Kier alpha value is -1.22. The highest BCUT2D eigenvalue weighted by Crippen LogP contribution is 2.30. The van der Waals surface area contributed by atoms with Crippen molar-refractivity contribution in [1.29, 1.82) is 0 Å². The van der Waals surface area contributed by atoms with Gasteiger partial charge in [0.2, 0.25) is 0 Å². The van der Waals surface area contributed by atoms with Crippen molar-refractivity contribution < 1.29 is 14.3 Å². The molecule has 1 heterocycles. The van der Waals surface area contributed by atoms with Gasteiger partial charge in [-0.1, -0.05) is 11.6 Å². The van der Waals surface area contributed by atoms with E-state index in [1.54, 1.807) is 13.0 Å². The van der Waals surface area contributed by atoms with Crippen molar-refractivity contribution in [3.05, 3.63) is 28.8 Å². The third kappa shape index (κ3) is 2.30. The first-order chi connectivity index (χ1) is 7.70. The molecule has 1 aliphatic rings. The summed E-state index contributed by atoms with van der Waals surface area (Å²) in [5.41, 5.74) is 0.969. The van der Waals surface area contributed by atoms with Gasteiger partial charge < -0.3 is 9.47 Å². The van der Waals surface area contributed by atoms with Crippen molar-refractivity contribution >= 4 is 17.6 Å². The summed E-state index contributed by atoms with van der Waals surface area (Å²) < 4.78 is 10.5. The summed E-state index contributed by atoms with van der Waals surface area (Å²) >= 11 is 5.89. The Bertz CT molecular complexity index is 403. The van der Waals surface area contributed by atoms with E-state index in [1.807, 2.05) is 12.1 Å². The van der Waals surface area contributed by atoms with Gasteiger partial charge in [0.1, 0.15) is 12.4 Å². The SMILES string of the molecule is CCOC(=O)[C@@H]1COc2ccc(Cl)cc2C1. The Kier molecular flexibility index (Phi) is 3.34. The third-order valence-electron chi connectivity index (χ3n) is 2.55. The van der Waals surface area contributed by atoms with Crippen LogP contribution in [0, 0.1) is 5.92 Å². The molecule has 1 aliphatic heterocycles. The van der Waals surface area contributed by atoms with E-state index in [4.69, 9.17) is 21.1 Å². The molecule has 1 aromatic rings. The Labute approximate surface area is 99.3 Å². The highest BCUT2D eigenvalue weighted by Gasteiger charge is 2.27. The molecular weight excluding hydrogens is 228 g/mol. The second kappa shape index (κ2) is 4.74. The Morgan fingerprint density at radius 1 is 1.62 bits per heavy atom. The molecule has 16 heavy (non-hydrogen) atoms. The minimum Gasteiger partial charge on any atom is -0.492 e. The third-order valence-corrected chi connectivity index (χ3v) is 2.78. The van der Waals surface area contributed by atoms with Gasteiger partial charge in [-0.25, -0.2) is 0 Å². The molecule has 0 aliphatic carbocycles. The lowest BCUT2D eigenvalue weighted by molar-refractivity contribution is -0.149. The summed E-state index contributed by atoms with van der Waals surface area (Å²) in [4.78, 5) is 11.6. The number of halogens is 1. The number of rotatable bonds is 2. The quantitative estimate of drug-likeness (QED) is 0.745. The lowest BCUT2D eigenvalue weighted by Crippen LogP contribution is -2.29. The molecular formula is C12H13ClO3. The fraction of sp³-hybridized carbons (Fsp3) is 0.417. The zero-order chi connectivity index (χ0) is 11.5. The molecule has 0 radical (unpaired) electrons. The Morgan fingerprint density at radius 3 is 3.19 bits per heavy atom. The zero-order valence-corrected chi connectivity index (χ0v) is 9.79. The molecule has 1 aromatic carbocycles. The molecule has 0 amide bonds. The molecule has 0 aromatic heterocycles. The number of carbonyl (C=O) groups is 1. The van der Waals surface area contributed by atoms with E-state index >= 15 is 0 Å². The fourth-order valence-corrected chi connectivity index (χ4v) is 1.97. The maximum absolute atomic E-state index is 11.6. The number of benzene rings is 1. The standard InChI is InChI=1S/C12H13ClO3/c1-2-15-12(14)9-5-8-6-10(13)3-4-11(8)16-7-9/h3-4,6,9H,2,5,7H2,1H3/t9-/m0/s1. The average molecular weight is 241 g/mol. The lowest BCUT2D eigenvalue weighted by atomic mass is 9.97.